The summed E-state index contributed by atoms with van der Waals surface area (Å²) < 4.78 is 25.6. The quantitative estimate of drug-likeness (QED) is 0.577. The smallest absolute Gasteiger partial charge is 0.241 e. The zero-order valence-electron chi connectivity index (χ0n) is 16.2. The molecule has 2 aromatic rings. The molecule has 0 aliphatic carbocycles. The molecule has 1 aliphatic heterocycles. The average Bonchev–Trinajstić information content (AvgIpc) is 2.72. The summed E-state index contributed by atoms with van der Waals surface area (Å²) in [5.74, 6) is -0.773. The summed E-state index contributed by atoms with van der Waals surface area (Å²) in [6, 6.07) is 13.3. The Bertz CT molecular complexity index is 1030. The highest BCUT2D eigenvalue weighted by atomic mass is 35.5. The third kappa shape index (κ3) is 5.54. The van der Waals surface area contributed by atoms with Gasteiger partial charge in [-0.25, -0.2) is 8.42 Å². The molecular formula is C20H22ClN3O4S2. The van der Waals surface area contributed by atoms with Crippen LogP contribution in [0.25, 0.3) is 0 Å². The van der Waals surface area contributed by atoms with E-state index in [1.54, 1.807) is 36.4 Å². The SMILES string of the molecule is CCc1ccc(S(=O)(=O)C2CNC(SCC(=O)Nc3cccc(Cl)c3)NC2=O)cc1. The van der Waals surface area contributed by atoms with Crippen LogP contribution in [0.1, 0.15) is 12.5 Å². The number of carbonyl (C=O) groups is 2. The number of rotatable bonds is 7. The van der Waals surface area contributed by atoms with Crippen molar-refractivity contribution in [2.45, 2.75) is 29.0 Å². The number of halogens is 1. The number of amides is 2. The van der Waals surface area contributed by atoms with E-state index >= 15 is 0 Å². The maximum Gasteiger partial charge on any atom is 0.241 e. The van der Waals surface area contributed by atoms with Crippen LogP contribution in [0.15, 0.2) is 53.4 Å². The lowest BCUT2D eigenvalue weighted by atomic mass is 10.2. The first-order chi connectivity index (χ1) is 14.3. The van der Waals surface area contributed by atoms with Crippen LogP contribution in [-0.2, 0) is 25.8 Å². The van der Waals surface area contributed by atoms with Crippen LogP contribution in [0.2, 0.25) is 5.02 Å². The third-order valence-electron chi connectivity index (χ3n) is 4.58. The normalized spacial score (nSPS) is 19.2. The van der Waals surface area contributed by atoms with Crippen LogP contribution in [0.4, 0.5) is 5.69 Å². The second-order valence-corrected chi connectivity index (χ2v) is 10.4. The summed E-state index contributed by atoms with van der Waals surface area (Å²) in [4.78, 5) is 24.7. The molecule has 7 nitrogen and oxygen atoms in total. The van der Waals surface area contributed by atoms with E-state index in [4.69, 9.17) is 11.6 Å². The second kappa shape index (κ2) is 9.82. The highest BCUT2D eigenvalue weighted by molar-refractivity contribution is 8.00. The van der Waals surface area contributed by atoms with Gasteiger partial charge in [-0.05, 0) is 42.3 Å². The van der Waals surface area contributed by atoms with Gasteiger partial charge in [0.2, 0.25) is 11.8 Å². The number of nitrogens with one attached hydrogen (secondary N) is 3. The lowest BCUT2D eigenvalue weighted by molar-refractivity contribution is -0.122. The minimum Gasteiger partial charge on any atom is -0.331 e. The van der Waals surface area contributed by atoms with Crippen LogP contribution in [0.3, 0.4) is 0 Å². The molecule has 3 rings (SSSR count). The first-order valence-electron chi connectivity index (χ1n) is 9.33. The van der Waals surface area contributed by atoms with Crippen LogP contribution in [0, 0.1) is 0 Å². The predicted octanol–water partition coefficient (Wildman–Crippen LogP) is 2.42. The van der Waals surface area contributed by atoms with Gasteiger partial charge in [-0.2, -0.15) is 0 Å². The lowest BCUT2D eigenvalue weighted by Gasteiger charge is -2.29. The Hall–Kier alpha value is -2.07. The summed E-state index contributed by atoms with van der Waals surface area (Å²) in [5, 5.41) is 7.61. The number of aryl methyl sites for hydroxylation is 1. The minimum atomic E-state index is -3.81. The Kier molecular flexibility index (Phi) is 7.41. The Balaban J connectivity index is 1.54. The largest absolute Gasteiger partial charge is 0.331 e. The molecule has 10 heteroatoms. The highest BCUT2D eigenvalue weighted by Gasteiger charge is 2.38. The zero-order chi connectivity index (χ0) is 21.7. The second-order valence-electron chi connectivity index (χ2n) is 6.70. The van der Waals surface area contributed by atoms with E-state index in [0.717, 1.165) is 23.7 Å². The Morgan fingerprint density at radius 2 is 1.97 bits per heavy atom. The first kappa shape index (κ1) is 22.6. The predicted molar refractivity (Wildman–Crippen MR) is 119 cm³/mol. The van der Waals surface area contributed by atoms with E-state index in [1.807, 2.05) is 6.92 Å². The first-order valence-corrected chi connectivity index (χ1v) is 12.3. The maximum absolute atomic E-state index is 12.8. The molecule has 2 atom stereocenters. The Morgan fingerprint density at radius 1 is 1.23 bits per heavy atom. The molecule has 2 unspecified atom stereocenters. The van der Waals surface area contributed by atoms with E-state index in [1.165, 1.54) is 12.1 Å². The van der Waals surface area contributed by atoms with Crippen molar-refractivity contribution in [2.75, 3.05) is 17.6 Å². The molecule has 2 amide bonds. The van der Waals surface area contributed by atoms with Gasteiger partial charge in [0.25, 0.3) is 0 Å². The van der Waals surface area contributed by atoms with Crippen molar-refractivity contribution < 1.29 is 18.0 Å². The Labute approximate surface area is 184 Å². The number of thioether (sulfide) groups is 1. The molecule has 1 saturated heterocycles. The van der Waals surface area contributed by atoms with Crippen LogP contribution < -0.4 is 16.0 Å². The van der Waals surface area contributed by atoms with Gasteiger partial charge in [0.05, 0.1) is 10.6 Å². The van der Waals surface area contributed by atoms with E-state index < -0.39 is 26.5 Å². The van der Waals surface area contributed by atoms with Gasteiger partial charge in [-0.1, -0.05) is 36.7 Å². The van der Waals surface area contributed by atoms with Gasteiger partial charge < -0.3 is 10.6 Å². The van der Waals surface area contributed by atoms with Crippen molar-refractivity contribution in [3.8, 4) is 0 Å². The number of carbonyl (C=O) groups excluding carboxylic acids is 2. The maximum atomic E-state index is 12.8. The van der Waals surface area contributed by atoms with Gasteiger partial charge in [-0.15, -0.1) is 11.8 Å². The molecule has 1 aliphatic rings. The standard InChI is InChI=1S/C20H22ClN3O4S2/c1-2-13-6-8-16(9-7-13)30(27,28)17-11-22-20(24-19(17)26)29-12-18(25)23-15-5-3-4-14(21)10-15/h3-10,17,20,22H,2,11-12H2,1H3,(H,23,25)(H,24,26). The van der Waals surface area contributed by atoms with Crippen molar-refractivity contribution in [1.29, 1.82) is 0 Å². The molecule has 30 heavy (non-hydrogen) atoms. The fraction of sp³-hybridized carbons (Fsp3) is 0.300. The molecule has 0 aromatic heterocycles. The van der Waals surface area contributed by atoms with Crippen molar-refractivity contribution in [3.05, 3.63) is 59.1 Å². The fourth-order valence-corrected chi connectivity index (χ4v) is 5.44. The lowest BCUT2D eigenvalue weighted by Crippen LogP contribution is -2.59. The van der Waals surface area contributed by atoms with Gasteiger partial charge in [0.15, 0.2) is 15.1 Å². The zero-order valence-corrected chi connectivity index (χ0v) is 18.6. The summed E-state index contributed by atoms with van der Waals surface area (Å²) >= 11 is 7.05. The van der Waals surface area contributed by atoms with Crippen LogP contribution in [0.5, 0.6) is 0 Å². The fourth-order valence-electron chi connectivity index (χ4n) is 2.93. The third-order valence-corrected chi connectivity index (χ3v) is 7.92. The van der Waals surface area contributed by atoms with Gasteiger partial charge in [0.1, 0.15) is 5.50 Å². The number of sulfone groups is 1. The molecular weight excluding hydrogens is 446 g/mol. The molecule has 3 N–H and O–H groups in total. The molecule has 1 fully saturated rings. The van der Waals surface area contributed by atoms with Crippen molar-refractivity contribution in [3.63, 3.8) is 0 Å². The van der Waals surface area contributed by atoms with Crippen LogP contribution in [-0.4, -0.2) is 43.3 Å². The highest BCUT2D eigenvalue weighted by Crippen LogP contribution is 2.21. The summed E-state index contributed by atoms with van der Waals surface area (Å²) in [5.41, 5.74) is 1.04. The number of benzene rings is 2. The number of anilines is 1. The average molecular weight is 468 g/mol. The minimum absolute atomic E-state index is 0.0305. The van der Waals surface area contributed by atoms with E-state index in [9.17, 15) is 18.0 Å². The molecule has 2 aromatic carbocycles. The van der Waals surface area contributed by atoms with E-state index in [-0.39, 0.29) is 23.1 Å². The monoisotopic (exact) mass is 467 g/mol. The van der Waals surface area contributed by atoms with Crippen LogP contribution >= 0.6 is 23.4 Å². The summed E-state index contributed by atoms with van der Waals surface area (Å²) in [7, 11) is -3.81. The molecule has 0 spiro atoms. The summed E-state index contributed by atoms with van der Waals surface area (Å²) in [6.07, 6.45) is 0.801. The molecule has 160 valence electrons. The Morgan fingerprint density at radius 3 is 2.60 bits per heavy atom. The molecule has 0 radical (unpaired) electrons. The van der Waals surface area contributed by atoms with Gasteiger partial charge in [-0.3, -0.25) is 14.9 Å². The van der Waals surface area contributed by atoms with Crippen molar-refractivity contribution >= 4 is 50.7 Å². The van der Waals surface area contributed by atoms with Gasteiger partial charge >= 0.3 is 0 Å². The van der Waals surface area contributed by atoms with E-state index in [0.29, 0.717) is 10.7 Å². The van der Waals surface area contributed by atoms with E-state index in [2.05, 4.69) is 16.0 Å². The summed E-state index contributed by atoms with van der Waals surface area (Å²) in [6.45, 7) is 1.95. The molecule has 1 heterocycles. The topological polar surface area (TPSA) is 104 Å². The molecule has 0 saturated carbocycles. The number of hydrogen-bond acceptors (Lipinski definition) is 6. The number of hydrogen-bond donors (Lipinski definition) is 3. The van der Waals surface area contributed by atoms with Gasteiger partial charge in [0, 0.05) is 17.3 Å². The van der Waals surface area contributed by atoms with Crippen molar-refractivity contribution in [1.82, 2.24) is 10.6 Å². The molecule has 0 bridgehead atoms. The van der Waals surface area contributed by atoms with Crippen molar-refractivity contribution in [2.24, 2.45) is 0 Å².